The first-order valence-electron chi connectivity index (χ1n) is 7.00. The summed E-state index contributed by atoms with van der Waals surface area (Å²) < 4.78 is 33.4. The second-order valence-corrected chi connectivity index (χ2v) is 8.16. The third-order valence-electron chi connectivity index (χ3n) is 3.43. The quantitative estimate of drug-likeness (QED) is 0.768. The van der Waals surface area contributed by atoms with E-state index in [9.17, 15) is 13.2 Å². The summed E-state index contributed by atoms with van der Waals surface area (Å²) in [5.74, 6) is 0.315. The number of aryl methyl sites for hydroxylation is 1. The number of nitrogens with zero attached hydrogens (tertiary/aromatic N) is 1. The first-order chi connectivity index (χ1) is 10.9. The van der Waals surface area contributed by atoms with Crippen LogP contribution in [0.15, 0.2) is 33.4 Å². The molecule has 1 unspecified atom stereocenters. The van der Waals surface area contributed by atoms with Crippen LogP contribution < -0.4 is 0 Å². The van der Waals surface area contributed by atoms with Gasteiger partial charge in [0.15, 0.2) is 9.84 Å². The number of sulfone groups is 1. The molecule has 0 bridgehead atoms. The summed E-state index contributed by atoms with van der Waals surface area (Å²) in [4.78, 5) is 17.1. The van der Waals surface area contributed by atoms with Crippen LogP contribution in [-0.2, 0) is 26.0 Å². The highest BCUT2D eigenvalue weighted by Crippen LogP contribution is 2.26. The summed E-state index contributed by atoms with van der Waals surface area (Å²) in [5, 5.41) is 3.08. The molecule has 0 spiro atoms. The summed E-state index contributed by atoms with van der Waals surface area (Å²) >= 11 is 1.52. The zero-order chi connectivity index (χ0) is 16.4. The van der Waals surface area contributed by atoms with Gasteiger partial charge < -0.3 is 9.15 Å². The van der Waals surface area contributed by atoms with Crippen LogP contribution >= 0.6 is 11.3 Å². The second-order valence-electron chi connectivity index (χ2n) is 5.28. The zero-order valence-electron chi connectivity index (χ0n) is 12.4. The normalized spacial score (nSPS) is 19.1. The van der Waals surface area contributed by atoms with Crippen LogP contribution in [-0.4, -0.2) is 25.1 Å². The number of hydrogen-bond acceptors (Lipinski definition) is 7. The smallest absolute Gasteiger partial charge is 0.306 e. The molecule has 0 fully saturated rings. The predicted octanol–water partition coefficient (Wildman–Crippen LogP) is 2.70. The fourth-order valence-corrected chi connectivity index (χ4v) is 4.30. The van der Waals surface area contributed by atoms with Crippen molar-refractivity contribution in [3.8, 4) is 10.8 Å². The van der Waals surface area contributed by atoms with Crippen LogP contribution in [0.2, 0.25) is 0 Å². The summed E-state index contributed by atoms with van der Waals surface area (Å²) in [5.41, 5.74) is 0.566. The summed E-state index contributed by atoms with van der Waals surface area (Å²) in [7, 11) is -3.15. The van der Waals surface area contributed by atoms with Gasteiger partial charge in [-0.3, -0.25) is 4.79 Å². The number of ether oxygens (including phenoxy) is 1. The number of hydrogen-bond donors (Lipinski definition) is 0. The maximum Gasteiger partial charge on any atom is 0.306 e. The molecule has 6 nitrogen and oxygen atoms in total. The Balaban J connectivity index is 1.56. The molecule has 1 aliphatic rings. The molecule has 0 N–H and O–H groups in total. The van der Waals surface area contributed by atoms with E-state index in [2.05, 4.69) is 4.98 Å². The van der Waals surface area contributed by atoms with E-state index in [1.54, 1.807) is 6.92 Å². The molecule has 0 radical (unpaired) electrons. The highest BCUT2D eigenvalue weighted by atomic mass is 32.2. The van der Waals surface area contributed by atoms with Crippen molar-refractivity contribution in [2.75, 3.05) is 5.75 Å². The number of rotatable bonds is 5. The number of carbonyl (C=O) groups excluding carboxylic acids is 1. The van der Waals surface area contributed by atoms with E-state index in [4.69, 9.17) is 9.15 Å². The molecule has 2 aromatic rings. The van der Waals surface area contributed by atoms with Crippen molar-refractivity contribution in [3.05, 3.63) is 40.5 Å². The molecule has 2 aromatic heterocycles. The van der Waals surface area contributed by atoms with Gasteiger partial charge in [0.25, 0.3) is 0 Å². The highest BCUT2D eigenvalue weighted by Gasteiger charge is 2.24. The van der Waals surface area contributed by atoms with Gasteiger partial charge in [-0.15, -0.1) is 11.3 Å². The van der Waals surface area contributed by atoms with Crippen LogP contribution in [0.1, 0.15) is 17.9 Å². The number of thiophene rings is 1. The van der Waals surface area contributed by atoms with Gasteiger partial charge in [-0.2, -0.15) is 0 Å². The van der Waals surface area contributed by atoms with Gasteiger partial charge in [0, 0.05) is 11.3 Å². The van der Waals surface area contributed by atoms with Crippen LogP contribution in [0, 0.1) is 12.8 Å². The van der Waals surface area contributed by atoms with E-state index >= 15 is 0 Å². The molecule has 3 rings (SSSR count). The molecular weight excluding hydrogens is 338 g/mol. The molecule has 1 aliphatic heterocycles. The Morgan fingerprint density at radius 2 is 2.35 bits per heavy atom. The van der Waals surface area contributed by atoms with Crippen LogP contribution in [0.4, 0.5) is 0 Å². The third kappa shape index (κ3) is 3.89. The fourth-order valence-electron chi connectivity index (χ4n) is 2.26. The topological polar surface area (TPSA) is 86.5 Å². The molecular formula is C15H15NO5S2. The molecule has 0 aromatic carbocycles. The van der Waals surface area contributed by atoms with Gasteiger partial charge in [0.2, 0.25) is 5.89 Å². The third-order valence-corrected chi connectivity index (χ3v) is 5.75. The number of esters is 1. The Morgan fingerprint density at radius 3 is 3.00 bits per heavy atom. The number of aromatic nitrogens is 1. The highest BCUT2D eigenvalue weighted by molar-refractivity contribution is 7.94. The Bertz CT molecular complexity index is 833. The molecule has 23 heavy (non-hydrogen) atoms. The van der Waals surface area contributed by atoms with Crippen molar-refractivity contribution in [2.24, 2.45) is 5.92 Å². The van der Waals surface area contributed by atoms with Crippen molar-refractivity contribution in [1.82, 2.24) is 4.98 Å². The number of allylic oxidation sites excluding steroid dienone is 1. The van der Waals surface area contributed by atoms with Crippen LogP contribution in [0.5, 0.6) is 0 Å². The average molecular weight is 353 g/mol. The van der Waals surface area contributed by atoms with Crippen molar-refractivity contribution < 1.29 is 22.4 Å². The van der Waals surface area contributed by atoms with Crippen molar-refractivity contribution in [1.29, 1.82) is 0 Å². The zero-order valence-corrected chi connectivity index (χ0v) is 14.0. The van der Waals surface area contributed by atoms with Crippen molar-refractivity contribution in [3.63, 3.8) is 0 Å². The van der Waals surface area contributed by atoms with E-state index in [0.29, 0.717) is 17.3 Å². The maximum atomic E-state index is 11.8. The lowest BCUT2D eigenvalue weighted by Crippen LogP contribution is -2.13. The monoisotopic (exact) mass is 353 g/mol. The molecule has 1 atom stereocenters. The molecule has 0 saturated heterocycles. The fraction of sp³-hybridized carbons (Fsp3) is 0.333. The van der Waals surface area contributed by atoms with E-state index < -0.39 is 15.8 Å². The van der Waals surface area contributed by atoms with Gasteiger partial charge in [0.05, 0.1) is 17.1 Å². The number of carbonyl (C=O) groups is 1. The van der Waals surface area contributed by atoms with E-state index in [-0.39, 0.29) is 24.7 Å². The van der Waals surface area contributed by atoms with Crippen LogP contribution in [0.25, 0.3) is 10.8 Å². The minimum absolute atomic E-state index is 0.0166. The second kappa shape index (κ2) is 6.29. The molecule has 122 valence electrons. The summed E-state index contributed by atoms with van der Waals surface area (Å²) in [6, 6.07) is 3.81. The first-order valence-corrected chi connectivity index (χ1v) is 9.59. The minimum atomic E-state index is -3.15. The summed E-state index contributed by atoms with van der Waals surface area (Å²) in [6.07, 6.45) is 1.58. The molecule has 0 amide bonds. The standard InChI is InChI=1S/C15H15NO5S2/c1-10-12(16-15(21-10)13-3-2-5-22-13)8-20-14(17)7-11-4-6-23(18,19)9-11/h2-6,11H,7-9H2,1H3. The van der Waals surface area contributed by atoms with Gasteiger partial charge in [-0.05, 0) is 18.4 Å². The Labute approximate surface area is 137 Å². The Hall–Kier alpha value is -1.93. The van der Waals surface area contributed by atoms with E-state index in [1.165, 1.54) is 17.4 Å². The minimum Gasteiger partial charge on any atom is -0.459 e. The molecule has 0 aliphatic carbocycles. The van der Waals surface area contributed by atoms with Gasteiger partial charge >= 0.3 is 5.97 Å². The van der Waals surface area contributed by atoms with Gasteiger partial charge in [0.1, 0.15) is 18.1 Å². The lowest BCUT2D eigenvalue weighted by molar-refractivity contribution is -0.145. The molecule has 8 heteroatoms. The van der Waals surface area contributed by atoms with E-state index in [1.807, 2.05) is 17.5 Å². The maximum absolute atomic E-state index is 11.8. The van der Waals surface area contributed by atoms with Gasteiger partial charge in [-0.1, -0.05) is 12.1 Å². The van der Waals surface area contributed by atoms with E-state index in [0.717, 1.165) is 10.3 Å². The van der Waals surface area contributed by atoms with Crippen molar-refractivity contribution >= 4 is 27.1 Å². The largest absolute Gasteiger partial charge is 0.459 e. The average Bonchev–Trinajstić information content (AvgIpc) is 3.17. The lowest BCUT2D eigenvalue weighted by Gasteiger charge is -2.06. The Morgan fingerprint density at radius 1 is 1.52 bits per heavy atom. The molecule has 3 heterocycles. The van der Waals surface area contributed by atoms with Gasteiger partial charge in [-0.25, -0.2) is 13.4 Å². The SMILES string of the molecule is Cc1oc(-c2cccs2)nc1COC(=O)CC1C=CS(=O)(=O)C1. The molecule has 0 saturated carbocycles. The van der Waals surface area contributed by atoms with Crippen LogP contribution in [0.3, 0.4) is 0 Å². The summed E-state index contributed by atoms with van der Waals surface area (Å²) in [6.45, 7) is 1.78. The lowest BCUT2D eigenvalue weighted by atomic mass is 10.1. The predicted molar refractivity (Wildman–Crippen MR) is 85.4 cm³/mol. The number of oxazole rings is 1. The first kappa shape index (κ1) is 15.9. The Kier molecular flexibility index (Phi) is 4.36. The van der Waals surface area contributed by atoms with Crippen molar-refractivity contribution in [2.45, 2.75) is 20.0 Å².